The number of benzene rings is 1. The number of hydrogen-bond acceptors (Lipinski definition) is 4. The SMILES string of the molecule is Cc1cc(C(N)=S)ccc1S(=O)(=O)N1CCNC(=O)CC1. The molecular weight excluding hydrogens is 310 g/mol. The van der Waals surface area contributed by atoms with Crippen LogP contribution in [0.1, 0.15) is 17.5 Å². The highest BCUT2D eigenvalue weighted by Gasteiger charge is 2.28. The van der Waals surface area contributed by atoms with Crippen LogP contribution in [0.25, 0.3) is 0 Å². The van der Waals surface area contributed by atoms with Crippen LogP contribution >= 0.6 is 12.2 Å². The normalized spacial score (nSPS) is 17.1. The van der Waals surface area contributed by atoms with Crippen LogP contribution < -0.4 is 11.1 Å². The number of amides is 1. The molecule has 0 saturated carbocycles. The Hall–Kier alpha value is -1.51. The van der Waals surface area contributed by atoms with Gasteiger partial charge >= 0.3 is 0 Å². The minimum absolute atomic E-state index is 0.131. The molecule has 0 bridgehead atoms. The minimum Gasteiger partial charge on any atom is -0.389 e. The second-order valence-corrected chi connectivity index (χ2v) is 7.19. The van der Waals surface area contributed by atoms with E-state index >= 15 is 0 Å². The van der Waals surface area contributed by atoms with E-state index in [9.17, 15) is 13.2 Å². The zero-order chi connectivity index (χ0) is 15.6. The van der Waals surface area contributed by atoms with Crippen LogP contribution in [-0.4, -0.2) is 43.3 Å². The molecule has 1 fully saturated rings. The van der Waals surface area contributed by atoms with Gasteiger partial charge in [0.2, 0.25) is 15.9 Å². The van der Waals surface area contributed by atoms with Crippen molar-refractivity contribution in [2.24, 2.45) is 5.73 Å². The Labute approximate surface area is 129 Å². The average molecular weight is 327 g/mol. The summed E-state index contributed by atoms with van der Waals surface area (Å²) >= 11 is 4.89. The molecule has 21 heavy (non-hydrogen) atoms. The van der Waals surface area contributed by atoms with Gasteiger partial charge in [0.05, 0.1) is 4.90 Å². The predicted molar refractivity (Wildman–Crippen MR) is 83.5 cm³/mol. The molecule has 1 aliphatic rings. The van der Waals surface area contributed by atoms with Crippen molar-refractivity contribution < 1.29 is 13.2 Å². The van der Waals surface area contributed by atoms with Gasteiger partial charge in [-0.2, -0.15) is 4.31 Å². The predicted octanol–water partition coefficient (Wildman–Crippen LogP) is 0.140. The molecule has 2 rings (SSSR count). The van der Waals surface area contributed by atoms with Crippen molar-refractivity contribution in [2.45, 2.75) is 18.2 Å². The lowest BCUT2D eigenvalue weighted by Gasteiger charge is -2.20. The number of carbonyl (C=O) groups excluding carboxylic acids is 1. The first kappa shape index (κ1) is 15.9. The number of hydrogen-bond donors (Lipinski definition) is 2. The van der Waals surface area contributed by atoms with Gasteiger partial charge < -0.3 is 11.1 Å². The van der Waals surface area contributed by atoms with E-state index in [-0.39, 0.29) is 35.3 Å². The van der Waals surface area contributed by atoms with E-state index in [0.717, 1.165) is 0 Å². The quantitative estimate of drug-likeness (QED) is 0.771. The number of thiocarbonyl (C=S) groups is 1. The van der Waals surface area contributed by atoms with Gasteiger partial charge in [-0.25, -0.2) is 8.42 Å². The lowest BCUT2D eigenvalue weighted by molar-refractivity contribution is -0.120. The second-order valence-electron chi connectivity index (χ2n) is 4.85. The summed E-state index contributed by atoms with van der Waals surface area (Å²) in [6, 6.07) is 4.78. The smallest absolute Gasteiger partial charge is 0.243 e. The average Bonchev–Trinajstić information content (AvgIpc) is 2.63. The molecule has 0 aromatic heterocycles. The summed E-state index contributed by atoms with van der Waals surface area (Å²) in [6.45, 7) is 2.48. The number of nitrogens with one attached hydrogen (secondary N) is 1. The van der Waals surface area contributed by atoms with Gasteiger partial charge in [-0.15, -0.1) is 0 Å². The van der Waals surface area contributed by atoms with E-state index in [2.05, 4.69) is 5.32 Å². The largest absolute Gasteiger partial charge is 0.389 e. The molecule has 1 amide bonds. The van der Waals surface area contributed by atoms with Crippen LogP contribution in [0.5, 0.6) is 0 Å². The Morgan fingerprint density at radius 2 is 2.10 bits per heavy atom. The first-order valence-corrected chi connectivity index (χ1v) is 8.34. The van der Waals surface area contributed by atoms with E-state index in [1.54, 1.807) is 19.1 Å². The molecule has 8 heteroatoms. The van der Waals surface area contributed by atoms with Gasteiger partial charge in [0.15, 0.2) is 0 Å². The summed E-state index contributed by atoms with van der Waals surface area (Å²) in [5, 5.41) is 2.66. The maximum Gasteiger partial charge on any atom is 0.243 e. The second kappa shape index (κ2) is 6.08. The van der Waals surface area contributed by atoms with Crippen LogP contribution in [0.4, 0.5) is 0 Å². The van der Waals surface area contributed by atoms with Crippen LogP contribution in [0, 0.1) is 6.92 Å². The molecule has 6 nitrogen and oxygen atoms in total. The van der Waals surface area contributed by atoms with Crippen LogP contribution in [-0.2, 0) is 14.8 Å². The molecule has 1 aromatic rings. The van der Waals surface area contributed by atoms with Crippen molar-refractivity contribution in [1.29, 1.82) is 0 Å². The Morgan fingerprint density at radius 1 is 1.38 bits per heavy atom. The number of nitrogens with zero attached hydrogens (tertiary/aromatic N) is 1. The Kier molecular flexibility index (Phi) is 4.60. The summed E-state index contributed by atoms with van der Waals surface area (Å²) in [5.74, 6) is -0.131. The maximum atomic E-state index is 12.7. The molecule has 1 aliphatic heterocycles. The molecule has 3 N–H and O–H groups in total. The molecule has 0 unspecified atom stereocenters. The van der Waals surface area contributed by atoms with Crippen molar-refractivity contribution in [3.8, 4) is 0 Å². The standard InChI is InChI=1S/C13H17N3O3S2/c1-9-8-10(13(14)20)2-3-11(9)21(18,19)16-6-4-12(17)15-5-7-16/h2-3,8H,4-7H2,1H3,(H2,14,20)(H,15,17). The van der Waals surface area contributed by atoms with Gasteiger partial charge in [0.1, 0.15) is 4.99 Å². The summed E-state index contributed by atoms with van der Waals surface area (Å²) in [7, 11) is -3.62. The molecular formula is C13H17N3O3S2. The molecule has 0 radical (unpaired) electrons. The molecule has 1 aromatic carbocycles. The number of sulfonamides is 1. The van der Waals surface area contributed by atoms with Crippen LogP contribution in [0.3, 0.4) is 0 Å². The fourth-order valence-electron chi connectivity index (χ4n) is 2.22. The zero-order valence-electron chi connectivity index (χ0n) is 11.6. The molecule has 0 aliphatic carbocycles. The van der Waals surface area contributed by atoms with Crippen LogP contribution in [0.15, 0.2) is 23.1 Å². The summed E-state index contributed by atoms with van der Waals surface area (Å²) < 4.78 is 26.7. The fraction of sp³-hybridized carbons (Fsp3) is 0.385. The van der Waals surface area contributed by atoms with E-state index < -0.39 is 10.0 Å². The third kappa shape index (κ3) is 3.39. The lowest BCUT2D eigenvalue weighted by atomic mass is 10.1. The molecule has 1 saturated heterocycles. The third-order valence-electron chi connectivity index (χ3n) is 3.35. The summed E-state index contributed by atoms with van der Waals surface area (Å²) in [5.41, 5.74) is 6.77. The number of carbonyl (C=O) groups is 1. The Bertz CT molecular complexity index is 686. The Balaban J connectivity index is 2.35. The van der Waals surface area contributed by atoms with E-state index in [0.29, 0.717) is 17.7 Å². The van der Waals surface area contributed by atoms with E-state index in [4.69, 9.17) is 18.0 Å². The van der Waals surface area contributed by atoms with E-state index in [1.165, 1.54) is 10.4 Å². The van der Waals surface area contributed by atoms with Gasteiger partial charge in [-0.3, -0.25) is 4.79 Å². The number of nitrogens with two attached hydrogens (primary N) is 1. The van der Waals surface area contributed by atoms with Crippen molar-refractivity contribution >= 4 is 33.1 Å². The maximum absolute atomic E-state index is 12.7. The summed E-state index contributed by atoms with van der Waals surface area (Å²) in [6.07, 6.45) is 0.170. The van der Waals surface area contributed by atoms with Gasteiger partial charge in [0, 0.05) is 31.6 Å². The molecule has 0 atom stereocenters. The highest BCUT2D eigenvalue weighted by Crippen LogP contribution is 2.21. The first-order valence-electron chi connectivity index (χ1n) is 6.49. The summed E-state index contributed by atoms with van der Waals surface area (Å²) in [4.78, 5) is 11.8. The van der Waals surface area contributed by atoms with Crippen molar-refractivity contribution in [1.82, 2.24) is 9.62 Å². The van der Waals surface area contributed by atoms with Crippen molar-refractivity contribution in [2.75, 3.05) is 19.6 Å². The van der Waals surface area contributed by atoms with E-state index in [1.807, 2.05) is 0 Å². The highest BCUT2D eigenvalue weighted by molar-refractivity contribution is 7.89. The third-order valence-corrected chi connectivity index (χ3v) is 5.64. The van der Waals surface area contributed by atoms with Gasteiger partial charge in [-0.1, -0.05) is 18.3 Å². The topological polar surface area (TPSA) is 92.5 Å². The number of rotatable bonds is 3. The monoisotopic (exact) mass is 327 g/mol. The van der Waals surface area contributed by atoms with Crippen molar-refractivity contribution in [3.05, 3.63) is 29.3 Å². The fourth-order valence-corrected chi connectivity index (χ4v) is 3.99. The molecule has 114 valence electrons. The Morgan fingerprint density at radius 3 is 2.71 bits per heavy atom. The first-order chi connectivity index (χ1) is 9.82. The highest BCUT2D eigenvalue weighted by atomic mass is 32.2. The van der Waals surface area contributed by atoms with Crippen LogP contribution in [0.2, 0.25) is 0 Å². The van der Waals surface area contributed by atoms with Crippen molar-refractivity contribution in [3.63, 3.8) is 0 Å². The minimum atomic E-state index is -3.62. The molecule has 1 heterocycles. The lowest BCUT2D eigenvalue weighted by Crippen LogP contribution is -2.34. The zero-order valence-corrected chi connectivity index (χ0v) is 13.3. The molecule has 0 spiro atoms. The van der Waals surface area contributed by atoms with Gasteiger partial charge in [-0.05, 0) is 24.6 Å². The number of aryl methyl sites for hydroxylation is 1. The van der Waals surface area contributed by atoms with Gasteiger partial charge in [0.25, 0.3) is 0 Å².